The minimum Gasteiger partial charge on any atom is -0.506 e. The highest BCUT2D eigenvalue weighted by atomic mass is 16.5. The molecule has 1 aromatic heterocycles. The number of aryl methyl sites for hydroxylation is 1. The Balaban J connectivity index is 1.61. The Hall–Kier alpha value is -2.83. The van der Waals surface area contributed by atoms with E-state index >= 15 is 0 Å². The van der Waals surface area contributed by atoms with E-state index in [1.165, 1.54) is 0 Å². The molecule has 2 heterocycles. The van der Waals surface area contributed by atoms with Crippen LogP contribution in [0.25, 0.3) is 0 Å². The van der Waals surface area contributed by atoms with E-state index < -0.39 is 0 Å². The highest BCUT2D eigenvalue weighted by molar-refractivity contribution is 5.94. The minimum absolute atomic E-state index is 0.0594. The lowest BCUT2D eigenvalue weighted by atomic mass is 9.96. The van der Waals surface area contributed by atoms with Crippen molar-refractivity contribution in [3.05, 3.63) is 36.0 Å². The average Bonchev–Trinajstić information content (AvgIpc) is 2.65. The average molecular weight is 342 g/mol. The number of benzene rings is 1. The number of ether oxygens (including phenoxy) is 1. The summed E-state index contributed by atoms with van der Waals surface area (Å²) in [5.74, 6) is 1.09. The molecular weight excluding hydrogens is 320 g/mol. The molecule has 1 saturated heterocycles. The van der Waals surface area contributed by atoms with E-state index in [4.69, 9.17) is 4.74 Å². The molecule has 0 saturated carbocycles. The van der Waals surface area contributed by atoms with Crippen LogP contribution in [0.1, 0.15) is 18.4 Å². The van der Waals surface area contributed by atoms with E-state index in [9.17, 15) is 9.90 Å². The van der Waals surface area contributed by atoms with Crippen LogP contribution in [0.5, 0.6) is 11.6 Å². The lowest BCUT2D eigenvalue weighted by molar-refractivity contribution is -0.120. The number of piperidine rings is 1. The van der Waals surface area contributed by atoms with Crippen molar-refractivity contribution in [2.75, 3.05) is 30.4 Å². The summed E-state index contributed by atoms with van der Waals surface area (Å²) in [7, 11) is 1.57. The maximum atomic E-state index is 12.5. The van der Waals surface area contributed by atoms with Crippen LogP contribution in [0, 0.1) is 12.8 Å². The van der Waals surface area contributed by atoms with Crippen LogP contribution in [0.4, 0.5) is 11.6 Å². The van der Waals surface area contributed by atoms with E-state index in [1.54, 1.807) is 31.5 Å². The zero-order chi connectivity index (χ0) is 17.8. The minimum atomic E-state index is -0.0964. The van der Waals surface area contributed by atoms with E-state index in [-0.39, 0.29) is 17.6 Å². The van der Waals surface area contributed by atoms with Crippen molar-refractivity contribution in [2.45, 2.75) is 19.8 Å². The summed E-state index contributed by atoms with van der Waals surface area (Å²) in [6.07, 6.45) is 3.08. The number of phenolic OH excluding ortho intramolecular Hbond substituents is 1. The molecule has 2 aromatic rings. The third-order valence-corrected chi connectivity index (χ3v) is 4.47. The smallest absolute Gasteiger partial charge is 0.228 e. The number of hydrogen-bond donors (Lipinski definition) is 2. The SMILES string of the molecule is COc1ccnc(N2CCC(C(=O)Nc3c(C)cccc3O)CC2)n1. The Bertz CT molecular complexity index is 737. The molecule has 0 atom stereocenters. The number of nitrogens with one attached hydrogen (secondary N) is 1. The molecule has 2 N–H and O–H groups in total. The Morgan fingerprint density at radius 3 is 2.76 bits per heavy atom. The standard InChI is InChI=1S/C18H22N4O3/c1-12-4-3-5-14(23)16(12)21-17(24)13-7-10-22(11-8-13)18-19-9-6-15(20-18)25-2/h3-6,9,13,23H,7-8,10-11H2,1-2H3,(H,21,24). The number of carbonyl (C=O) groups excluding carboxylic acids is 1. The number of anilines is 2. The van der Waals surface area contributed by atoms with Crippen LogP contribution >= 0.6 is 0 Å². The third kappa shape index (κ3) is 3.81. The van der Waals surface area contributed by atoms with Crippen LogP contribution < -0.4 is 15.0 Å². The number of hydrogen-bond acceptors (Lipinski definition) is 6. The molecule has 0 bridgehead atoms. The van der Waals surface area contributed by atoms with Crippen molar-refractivity contribution >= 4 is 17.5 Å². The van der Waals surface area contributed by atoms with Gasteiger partial charge in [-0.15, -0.1) is 0 Å². The monoisotopic (exact) mass is 342 g/mol. The summed E-state index contributed by atoms with van der Waals surface area (Å²) < 4.78 is 5.13. The van der Waals surface area contributed by atoms with Gasteiger partial charge in [0.25, 0.3) is 0 Å². The van der Waals surface area contributed by atoms with Gasteiger partial charge >= 0.3 is 0 Å². The Kier molecular flexibility index (Phi) is 5.02. The van der Waals surface area contributed by atoms with Gasteiger partial charge in [-0.25, -0.2) is 4.98 Å². The number of phenols is 1. The Morgan fingerprint density at radius 1 is 1.32 bits per heavy atom. The first-order valence-electron chi connectivity index (χ1n) is 8.30. The summed E-state index contributed by atoms with van der Waals surface area (Å²) in [6, 6.07) is 6.90. The van der Waals surface area contributed by atoms with Crippen LogP contribution in [-0.4, -0.2) is 41.2 Å². The Labute approximate surface area is 146 Å². The van der Waals surface area contributed by atoms with Crippen molar-refractivity contribution in [3.8, 4) is 11.6 Å². The molecule has 0 aliphatic carbocycles. The molecule has 0 radical (unpaired) electrons. The van der Waals surface area contributed by atoms with Crippen molar-refractivity contribution in [3.63, 3.8) is 0 Å². The van der Waals surface area contributed by atoms with Gasteiger partial charge in [-0.05, 0) is 31.4 Å². The molecule has 132 valence electrons. The summed E-state index contributed by atoms with van der Waals surface area (Å²) in [5, 5.41) is 12.8. The molecule has 1 fully saturated rings. The summed E-state index contributed by atoms with van der Waals surface area (Å²) in [6.45, 7) is 3.26. The first-order chi connectivity index (χ1) is 12.1. The maximum absolute atomic E-state index is 12.5. The number of nitrogens with zero attached hydrogens (tertiary/aromatic N) is 3. The van der Waals surface area contributed by atoms with E-state index in [0.29, 0.717) is 43.4 Å². The highest BCUT2D eigenvalue weighted by Crippen LogP contribution is 2.29. The van der Waals surface area contributed by atoms with Crippen molar-refractivity contribution < 1.29 is 14.6 Å². The second-order valence-electron chi connectivity index (χ2n) is 6.12. The van der Waals surface area contributed by atoms with Gasteiger partial charge in [-0.1, -0.05) is 12.1 Å². The first kappa shape index (κ1) is 17.0. The number of carbonyl (C=O) groups is 1. The van der Waals surface area contributed by atoms with Gasteiger partial charge in [0.2, 0.25) is 17.7 Å². The molecule has 1 aliphatic rings. The second kappa shape index (κ2) is 7.38. The fourth-order valence-electron chi connectivity index (χ4n) is 2.98. The summed E-state index contributed by atoms with van der Waals surface area (Å²) >= 11 is 0. The van der Waals surface area contributed by atoms with Gasteiger partial charge in [0.05, 0.1) is 12.8 Å². The number of para-hydroxylation sites is 1. The van der Waals surface area contributed by atoms with E-state index in [1.807, 2.05) is 13.0 Å². The Morgan fingerprint density at radius 2 is 2.08 bits per heavy atom. The fourth-order valence-corrected chi connectivity index (χ4v) is 2.98. The zero-order valence-corrected chi connectivity index (χ0v) is 14.4. The first-order valence-corrected chi connectivity index (χ1v) is 8.30. The molecule has 1 aliphatic heterocycles. The molecule has 0 unspecified atom stereocenters. The number of rotatable bonds is 4. The lowest BCUT2D eigenvalue weighted by Gasteiger charge is -2.31. The molecule has 7 heteroatoms. The van der Waals surface area contributed by atoms with Gasteiger partial charge in [0.15, 0.2) is 0 Å². The van der Waals surface area contributed by atoms with Gasteiger partial charge in [-0.2, -0.15) is 4.98 Å². The van der Waals surface area contributed by atoms with Crippen LogP contribution in [-0.2, 0) is 4.79 Å². The van der Waals surface area contributed by atoms with Crippen LogP contribution in [0.15, 0.2) is 30.5 Å². The van der Waals surface area contributed by atoms with Crippen LogP contribution in [0.3, 0.4) is 0 Å². The number of methoxy groups -OCH3 is 1. The fraction of sp³-hybridized carbons (Fsp3) is 0.389. The van der Waals surface area contributed by atoms with E-state index in [2.05, 4.69) is 20.2 Å². The van der Waals surface area contributed by atoms with Crippen molar-refractivity contribution in [1.29, 1.82) is 0 Å². The topological polar surface area (TPSA) is 87.6 Å². The molecule has 7 nitrogen and oxygen atoms in total. The number of aromatic hydroxyl groups is 1. The summed E-state index contributed by atoms with van der Waals surface area (Å²) in [4.78, 5) is 23.2. The summed E-state index contributed by atoms with van der Waals surface area (Å²) in [5.41, 5.74) is 1.33. The normalized spacial score (nSPS) is 15.0. The maximum Gasteiger partial charge on any atom is 0.228 e. The largest absolute Gasteiger partial charge is 0.506 e. The number of amides is 1. The quantitative estimate of drug-likeness (QED) is 0.830. The molecule has 1 aromatic carbocycles. The zero-order valence-electron chi connectivity index (χ0n) is 14.4. The molecule has 0 spiro atoms. The predicted octanol–water partition coefficient (Wildman–Crippen LogP) is 2.35. The highest BCUT2D eigenvalue weighted by Gasteiger charge is 2.27. The van der Waals surface area contributed by atoms with E-state index in [0.717, 1.165) is 5.56 Å². The van der Waals surface area contributed by atoms with Crippen LogP contribution in [0.2, 0.25) is 0 Å². The van der Waals surface area contributed by atoms with Gasteiger partial charge < -0.3 is 20.1 Å². The van der Waals surface area contributed by atoms with Crippen molar-refractivity contribution in [1.82, 2.24) is 9.97 Å². The van der Waals surface area contributed by atoms with Gasteiger partial charge in [0.1, 0.15) is 5.75 Å². The third-order valence-electron chi connectivity index (χ3n) is 4.47. The molecule has 25 heavy (non-hydrogen) atoms. The lowest BCUT2D eigenvalue weighted by Crippen LogP contribution is -2.39. The molecule has 3 rings (SSSR count). The van der Waals surface area contributed by atoms with Gasteiger partial charge in [0, 0.05) is 31.3 Å². The predicted molar refractivity (Wildman–Crippen MR) is 95.0 cm³/mol. The number of aromatic nitrogens is 2. The van der Waals surface area contributed by atoms with Gasteiger partial charge in [-0.3, -0.25) is 4.79 Å². The second-order valence-corrected chi connectivity index (χ2v) is 6.12. The molecular formula is C18H22N4O3. The molecule has 1 amide bonds. The van der Waals surface area contributed by atoms with Crippen molar-refractivity contribution in [2.24, 2.45) is 5.92 Å².